The molecule has 9 aromatic rings. The number of para-hydroxylation sites is 2. The molecule has 0 N–H and O–H groups in total. The SMILES string of the molecule is Cc1ccccc1-c1ccc(-c2ccc(-c3cccc4c3oc3c(-c5ccc(-c6ccc(-c7ccccc7C)nc6)cc5)cccc34)cc2)cn1. The van der Waals surface area contributed by atoms with Gasteiger partial charge < -0.3 is 4.42 Å². The van der Waals surface area contributed by atoms with E-state index in [4.69, 9.17) is 14.4 Å². The summed E-state index contributed by atoms with van der Waals surface area (Å²) in [5, 5.41) is 2.22. The average molecular weight is 655 g/mol. The molecule has 0 aliphatic carbocycles. The summed E-state index contributed by atoms with van der Waals surface area (Å²) < 4.78 is 6.76. The Hall–Kier alpha value is -6.58. The highest BCUT2D eigenvalue weighted by molar-refractivity contribution is 6.13. The Kier molecular flexibility index (Phi) is 7.59. The van der Waals surface area contributed by atoms with Crippen molar-refractivity contribution in [2.75, 3.05) is 0 Å². The summed E-state index contributed by atoms with van der Waals surface area (Å²) in [5.41, 5.74) is 17.3. The molecule has 0 radical (unpaired) electrons. The Morgan fingerprint density at radius 2 is 0.706 bits per heavy atom. The van der Waals surface area contributed by atoms with E-state index in [0.29, 0.717) is 0 Å². The lowest BCUT2D eigenvalue weighted by molar-refractivity contribution is 0.671. The predicted octanol–water partition coefficient (Wildman–Crippen LogP) is 13.0. The van der Waals surface area contributed by atoms with Crippen LogP contribution >= 0.6 is 0 Å². The highest BCUT2D eigenvalue weighted by atomic mass is 16.3. The summed E-state index contributed by atoms with van der Waals surface area (Å²) in [6.07, 6.45) is 3.92. The largest absolute Gasteiger partial charge is 0.455 e. The van der Waals surface area contributed by atoms with Gasteiger partial charge in [-0.2, -0.15) is 0 Å². The minimum atomic E-state index is 0.897. The number of rotatable bonds is 6. The zero-order chi connectivity index (χ0) is 34.3. The second-order valence-electron chi connectivity index (χ2n) is 13.1. The molecule has 0 spiro atoms. The minimum Gasteiger partial charge on any atom is -0.455 e. The molecule has 0 saturated carbocycles. The van der Waals surface area contributed by atoms with E-state index >= 15 is 0 Å². The molecule has 3 nitrogen and oxygen atoms in total. The predicted molar refractivity (Wildman–Crippen MR) is 211 cm³/mol. The van der Waals surface area contributed by atoms with Gasteiger partial charge in [-0.05, 0) is 59.4 Å². The zero-order valence-corrected chi connectivity index (χ0v) is 28.5. The van der Waals surface area contributed by atoms with Gasteiger partial charge in [0, 0.05) is 56.5 Å². The van der Waals surface area contributed by atoms with E-state index in [1.54, 1.807) is 0 Å². The molecule has 9 rings (SSSR count). The second-order valence-corrected chi connectivity index (χ2v) is 13.1. The first-order chi connectivity index (χ1) is 25.1. The molecule has 0 atom stereocenters. The van der Waals surface area contributed by atoms with E-state index < -0.39 is 0 Å². The molecular formula is C48H34N2O. The number of furan rings is 1. The van der Waals surface area contributed by atoms with Gasteiger partial charge in [-0.25, -0.2) is 0 Å². The maximum Gasteiger partial charge on any atom is 0.143 e. The van der Waals surface area contributed by atoms with Gasteiger partial charge in [-0.3, -0.25) is 9.97 Å². The Balaban J connectivity index is 1.01. The fraction of sp³-hybridized carbons (Fsp3) is 0.0417. The number of hydrogen-bond acceptors (Lipinski definition) is 3. The van der Waals surface area contributed by atoms with Crippen LogP contribution in [0, 0.1) is 13.8 Å². The van der Waals surface area contributed by atoms with Crippen LogP contribution < -0.4 is 0 Å². The number of nitrogens with zero attached hydrogens (tertiary/aromatic N) is 2. The molecule has 6 aromatic carbocycles. The lowest BCUT2D eigenvalue weighted by Crippen LogP contribution is -1.88. The van der Waals surface area contributed by atoms with Gasteiger partial charge >= 0.3 is 0 Å². The summed E-state index contributed by atoms with van der Waals surface area (Å²) >= 11 is 0. The van der Waals surface area contributed by atoms with Crippen molar-refractivity contribution in [1.82, 2.24) is 9.97 Å². The lowest BCUT2D eigenvalue weighted by atomic mass is 9.97. The fourth-order valence-corrected chi connectivity index (χ4v) is 7.13. The van der Waals surface area contributed by atoms with Crippen LogP contribution in [0.25, 0.3) is 89.0 Å². The summed E-state index contributed by atoms with van der Waals surface area (Å²) in [5.74, 6) is 0. The van der Waals surface area contributed by atoms with Crippen LogP contribution in [0.3, 0.4) is 0 Å². The van der Waals surface area contributed by atoms with Crippen LogP contribution in [0.1, 0.15) is 11.1 Å². The molecule has 0 bridgehead atoms. The smallest absolute Gasteiger partial charge is 0.143 e. The van der Waals surface area contributed by atoms with Crippen LogP contribution in [-0.4, -0.2) is 9.97 Å². The third kappa shape index (κ3) is 5.59. The minimum absolute atomic E-state index is 0.897. The molecule has 3 heterocycles. The van der Waals surface area contributed by atoms with Crippen molar-refractivity contribution in [1.29, 1.82) is 0 Å². The van der Waals surface area contributed by atoms with E-state index in [-0.39, 0.29) is 0 Å². The maximum atomic E-state index is 6.76. The molecule has 0 amide bonds. The number of aromatic nitrogens is 2. The van der Waals surface area contributed by atoms with Gasteiger partial charge in [0.25, 0.3) is 0 Å². The second kappa shape index (κ2) is 12.7. The van der Waals surface area contributed by atoms with Crippen molar-refractivity contribution in [2.24, 2.45) is 0 Å². The van der Waals surface area contributed by atoms with Crippen molar-refractivity contribution in [3.05, 3.63) is 181 Å². The average Bonchev–Trinajstić information content (AvgIpc) is 3.58. The van der Waals surface area contributed by atoms with E-state index in [1.807, 2.05) is 12.4 Å². The van der Waals surface area contributed by atoms with E-state index in [1.165, 1.54) is 11.1 Å². The Labute approximate surface area is 297 Å². The summed E-state index contributed by atoms with van der Waals surface area (Å²) in [7, 11) is 0. The van der Waals surface area contributed by atoms with E-state index in [2.05, 4.69) is 172 Å². The van der Waals surface area contributed by atoms with Crippen LogP contribution in [-0.2, 0) is 0 Å². The van der Waals surface area contributed by atoms with Crippen LogP contribution in [0.5, 0.6) is 0 Å². The fourth-order valence-electron chi connectivity index (χ4n) is 7.13. The normalized spacial score (nSPS) is 11.3. The van der Waals surface area contributed by atoms with Crippen LogP contribution in [0.4, 0.5) is 0 Å². The Morgan fingerprint density at radius 1 is 0.333 bits per heavy atom. The van der Waals surface area contributed by atoms with Crippen molar-refractivity contribution in [3.63, 3.8) is 0 Å². The quantitative estimate of drug-likeness (QED) is 0.179. The Bertz CT molecular complexity index is 2480. The van der Waals surface area contributed by atoms with E-state index in [9.17, 15) is 0 Å². The molecule has 0 fully saturated rings. The lowest BCUT2D eigenvalue weighted by Gasteiger charge is -2.08. The van der Waals surface area contributed by atoms with Crippen molar-refractivity contribution >= 4 is 21.9 Å². The molecule has 3 heteroatoms. The van der Waals surface area contributed by atoms with Gasteiger partial charge in [0.2, 0.25) is 0 Å². The summed E-state index contributed by atoms with van der Waals surface area (Å²) in [6.45, 7) is 4.24. The molecule has 0 aliphatic rings. The van der Waals surface area contributed by atoms with Gasteiger partial charge in [-0.1, -0.05) is 146 Å². The Morgan fingerprint density at radius 3 is 1.10 bits per heavy atom. The van der Waals surface area contributed by atoms with Crippen molar-refractivity contribution in [2.45, 2.75) is 13.8 Å². The highest BCUT2D eigenvalue weighted by Gasteiger charge is 2.16. The molecule has 51 heavy (non-hydrogen) atoms. The number of fused-ring (bicyclic) bond motifs is 3. The molecule has 0 unspecified atom stereocenters. The topological polar surface area (TPSA) is 38.9 Å². The maximum absolute atomic E-state index is 6.76. The standard InChI is InChI=1S/C48H34N2O/c1-31-9-3-5-11-39(31)45-27-25-37(29-49-45)33-17-21-35(22-18-33)41-13-7-15-43-44-16-8-14-42(48(44)51-47(41)43)36-23-19-34(20-24-36)38-26-28-46(50-30-38)40-12-6-4-10-32(40)2/h3-30H,1-2H3. The highest BCUT2D eigenvalue weighted by Crippen LogP contribution is 2.40. The van der Waals surface area contributed by atoms with E-state index in [0.717, 1.165) is 89.0 Å². The first kappa shape index (κ1) is 30.5. The molecule has 0 saturated heterocycles. The molecular weight excluding hydrogens is 621 g/mol. The number of hydrogen-bond donors (Lipinski definition) is 0. The van der Waals surface area contributed by atoms with Gasteiger partial charge in [0.15, 0.2) is 0 Å². The molecule has 242 valence electrons. The van der Waals surface area contributed by atoms with Crippen LogP contribution in [0.2, 0.25) is 0 Å². The van der Waals surface area contributed by atoms with Crippen molar-refractivity contribution < 1.29 is 4.42 Å². The number of pyridine rings is 2. The van der Waals surface area contributed by atoms with Crippen LogP contribution in [0.15, 0.2) is 175 Å². The first-order valence-corrected chi connectivity index (χ1v) is 17.3. The third-order valence-corrected chi connectivity index (χ3v) is 9.95. The first-order valence-electron chi connectivity index (χ1n) is 17.3. The van der Waals surface area contributed by atoms with Gasteiger partial charge in [0.1, 0.15) is 11.2 Å². The monoisotopic (exact) mass is 654 g/mol. The third-order valence-electron chi connectivity index (χ3n) is 9.95. The summed E-state index contributed by atoms with van der Waals surface area (Å²) in [6, 6.07) is 55.4. The summed E-state index contributed by atoms with van der Waals surface area (Å²) in [4.78, 5) is 9.57. The number of benzene rings is 6. The number of aryl methyl sites for hydroxylation is 2. The van der Waals surface area contributed by atoms with Gasteiger partial charge in [-0.15, -0.1) is 0 Å². The van der Waals surface area contributed by atoms with Gasteiger partial charge in [0.05, 0.1) is 11.4 Å². The molecule has 3 aromatic heterocycles. The zero-order valence-electron chi connectivity index (χ0n) is 28.5. The van der Waals surface area contributed by atoms with Crippen molar-refractivity contribution in [3.8, 4) is 67.0 Å². The molecule has 0 aliphatic heterocycles.